The van der Waals surface area contributed by atoms with E-state index in [4.69, 9.17) is 0 Å². The highest BCUT2D eigenvalue weighted by molar-refractivity contribution is 5.84. The van der Waals surface area contributed by atoms with Gasteiger partial charge in [-0.05, 0) is 24.6 Å². The number of anilines is 1. The van der Waals surface area contributed by atoms with E-state index in [1.807, 2.05) is 26.8 Å². The van der Waals surface area contributed by atoms with Gasteiger partial charge in [-0.25, -0.2) is 0 Å². The predicted octanol–water partition coefficient (Wildman–Crippen LogP) is 2.90. The molecule has 0 aromatic carbocycles. The zero-order valence-electron chi connectivity index (χ0n) is 12.3. The van der Waals surface area contributed by atoms with Gasteiger partial charge in [0.2, 0.25) is 0 Å². The fourth-order valence-electron chi connectivity index (χ4n) is 1.58. The average Bonchev–Trinajstić information content (AvgIpc) is 2.49. The van der Waals surface area contributed by atoms with E-state index in [-0.39, 0.29) is 5.56 Å². The van der Waals surface area contributed by atoms with E-state index in [0.29, 0.717) is 5.56 Å². The number of nitrogens with one attached hydrogen (secondary N) is 2. The van der Waals surface area contributed by atoms with Gasteiger partial charge in [0.15, 0.2) is 0 Å². The highest BCUT2D eigenvalue weighted by atomic mass is 16.1. The van der Waals surface area contributed by atoms with E-state index in [9.17, 15) is 4.79 Å². The molecule has 0 amide bonds. The monoisotopic (exact) mass is 272 g/mol. The first kappa shape index (κ1) is 15.6. The summed E-state index contributed by atoms with van der Waals surface area (Å²) in [6.07, 6.45) is 6.55. The van der Waals surface area contributed by atoms with Crippen molar-refractivity contribution in [1.29, 1.82) is 0 Å². The summed E-state index contributed by atoms with van der Waals surface area (Å²) < 4.78 is 0. The Morgan fingerprint density at radius 1 is 1.35 bits per heavy atom. The highest BCUT2D eigenvalue weighted by Gasteiger charge is 2.01. The van der Waals surface area contributed by atoms with Crippen molar-refractivity contribution < 1.29 is 0 Å². The van der Waals surface area contributed by atoms with E-state index >= 15 is 0 Å². The maximum atomic E-state index is 11.6. The average molecular weight is 272 g/mol. The quantitative estimate of drug-likeness (QED) is 0.844. The number of aromatic amines is 1. The molecule has 0 aliphatic carbocycles. The molecule has 106 valence electrons. The van der Waals surface area contributed by atoms with Crippen LogP contribution in [0.25, 0.3) is 0 Å². The van der Waals surface area contributed by atoms with Gasteiger partial charge in [-0.2, -0.15) is 0 Å². The summed E-state index contributed by atoms with van der Waals surface area (Å²) in [5.41, 5.74) is 2.88. The van der Waals surface area contributed by atoms with Gasteiger partial charge in [0.05, 0.1) is 23.1 Å². The molecule has 2 aromatic heterocycles. The Hall–Kier alpha value is -2.43. The Morgan fingerprint density at radius 3 is 2.75 bits per heavy atom. The second-order valence-corrected chi connectivity index (χ2v) is 3.80. The van der Waals surface area contributed by atoms with E-state index in [1.54, 1.807) is 37.9 Å². The van der Waals surface area contributed by atoms with Crippen molar-refractivity contribution in [1.82, 2.24) is 9.97 Å². The molecule has 2 heterocycles. The van der Waals surface area contributed by atoms with Crippen molar-refractivity contribution in [3.63, 3.8) is 0 Å². The lowest BCUT2D eigenvalue weighted by Gasteiger charge is -2.03. The fraction of sp³-hybridized carbons (Fsp3) is 0.267. The lowest BCUT2D eigenvalue weighted by atomic mass is 10.2. The number of hydrogen-bond acceptors (Lipinski definition) is 4. The van der Waals surface area contributed by atoms with Crippen LogP contribution in [0.2, 0.25) is 0 Å². The Kier molecular flexibility index (Phi) is 6.16. The van der Waals surface area contributed by atoms with Crippen LogP contribution in [-0.4, -0.2) is 23.2 Å². The topological polar surface area (TPSA) is 70.1 Å². The Bertz CT molecular complexity index is 632. The summed E-state index contributed by atoms with van der Waals surface area (Å²) in [5.74, 6) is 0. The normalized spacial score (nSPS) is 10.0. The molecule has 0 bridgehead atoms. The van der Waals surface area contributed by atoms with E-state index in [1.165, 1.54) is 0 Å². The largest absolute Gasteiger partial charge is 0.385 e. The number of aliphatic imine (C=N–C) groups is 1. The maximum Gasteiger partial charge on any atom is 0.257 e. The number of nitrogens with zero attached hydrogens (tertiary/aromatic N) is 2. The van der Waals surface area contributed by atoms with Crippen molar-refractivity contribution in [2.24, 2.45) is 4.99 Å². The van der Waals surface area contributed by atoms with E-state index in [0.717, 1.165) is 16.9 Å². The summed E-state index contributed by atoms with van der Waals surface area (Å²) in [7, 11) is 1.80. The number of hydrogen-bond donors (Lipinski definition) is 2. The van der Waals surface area contributed by atoms with Crippen molar-refractivity contribution in [2.45, 2.75) is 20.8 Å². The molecule has 0 atom stereocenters. The van der Waals surface area contributed by atoms with Crippen molar-refractivity contribution >= 4 is 17.6 Å². The summed E-state index contributed by atoms with van der Waals surface area (Å²) in [6.45, 7) is 5.88. The molecule has 0 saturated heterocycles. The molecule has 0 spiro atoms. The van der Waals surface area contributed by atoms with Crippen LogP contribution in [0.15, 0.2) is 40.5 Å². The molecule has 0 unspecified atom stereocenters. The second kappa shape index (κ2) is 7.89. The number of aryl methyl sites for hydroxylation is 1. The molecule has 5 heteroatoms. The minimum atomic E-state index is -0.140. The minimum absolute atomic E-state index is 0.140. The molecule has 0 aliphatic heterocycles. The van der Waals surface area contributed by atoms with Crippen molar-refractivity contribution in [2.75, 3.05) is 12.4 Å². The minimum Gasteiger partial charge on any atom is -0.385 e. The zero-order chi connectivity index (χ0) is 15.0. The third kappa shape index (κ3) is 3.78. The van der Waals surface area contributed by atoms with E-state index < -0.39 is 0 Å². The molecular weight excluding hydrogens is 252 g/mol. The standard InChI is InChI=1S/C13H14N4O.C2H6/c1-9-3-6-16-13(18)10(9)7-17-11-4-5-15-8-12(11)14-2;1-2/h3-8,14H,1-2H3,(H,16,18);1-2H3. The summed E-state index contributed by atoms with van der Waals surface area (Å²) >= 11 is 0. The molecular formula is C15H20N4O. The fourth-order valence-corrected chi connectivity index (χ4v) is 1.58. The molecule has 0 saturated carbocycles. The van der Waals surface area contributed by atoms with Gasteiger partial charge in [-0.1, -0.05) is 13.8 Å². The SMILES string of the molecule is CC.CNc1cnccc1N=Cc1c(C)cc[nH]c1=O. The maximum absolute atomic E-state index is 11.6. The Balaban J connectivity index is 0.000000956. The van der Waals surface area contributed by atoms with Gasteiger partial charge in [0.25, 0.3) is 5.56 Å². The van der Waals surface area contributed by atoms with Crippen molar-refractivity contribution in [3.05, 3.63) is 52.2 Å². The van der Waals surface area contributed by atoms with Gasteiger partial charge in [0, 0.05) is 25.7 Å². The van der Waals surface area contributed by atoms with Crippen molar-refractivity contribution in [3.8, 4) is 0 Å². The second-order valence-electron chi connectivity index (χ2n) is 3.80. The molecule has 0 radical (unpaired) electrons. The van der Waals surface area contributed by atoms with Crippen LogP contribution in [0.5, 0.6) is 0 Å². The lowest BCUT2D eigenvalue weighted by molar-refractivity contribution is 1.19. The van der Waals surface area contributed by atoms with Gasteiger partial charge < -0.3 is 10.3 Å². The van der Waals surface area contributed by atoms with Crippen LogP contribution in [0.4, 0.5) is 11.4 Å². The molecule has 0 aliphatic rings. The third-order valence-corrected chi connectivity index (χ3v) is 2.62. The summed E-state index contributed by atoms with van der Waals surface area (Å²) in [4.78, 5) is 22.6. The smallest absolute Gasteiger partial charge is 0.257 e. The van der Waals surface area contributed by atoms with Crippen LogP contribution in [0.3, 0.4) is 0 Å². The van der Waals surface area contributed by atoms with Gasteiger partial charge in [-0.3, -0.25) is 14.8 Å². The van der Waals surface area contributed by atoms with Crippen LogP contribution >= 0.6 is 0 Å². The number of pyridine rings is 2. The van der Waals surface area contributed by atoms with E-state index in [2.05, 4.69) is 20.3 Å². The van der Waals surface area contributed by atoms with Crippen LogP contribution in [0.1, 0.15) is 25.0 Å². The van der Waals surface area contributed by atoms with Gasteiger partial charge in [-0.15, -0.1) is 0 Å². The Morgan fingerprint density at radius 2 is 2.10 bits per heavy atom. The number of aromatic nitrogens is 2. The van der Waals surface area contributed by atoms with Crippen LogP contribution < -0.4 is 10.9 Å². The molecule has 2 aromatic rings. The van der Waals surface area contributed by atoms with Gasteiger partial charge in [0.1, 0.15) is 0 Å². The molecule has 2 rings (SSSR count). The highest BCUT2D eigenvalue weighted by Crippen LogP contribution is 2.21. The number of H-pyrrole nitrogens is 1. The zero-order valence-corrected chi connectivity index (χ0v) is 12.3. The molecule has 5 nitrogen and oxygen atoms in total. The first-order valence-electron chi connectivity index (χ1n) is 6.56. The Labute approximate surface area is 118 Å². The molecule has 20 heavy (non-hydrogen) atoms. The van der Waals surface area contributed by atoms with Crippen LogP contribution in [0, 0.1) is 6.92 Å². The van der Waals surface area contributed by atoms with Crippen LogP contribution in [-0.2, 0) is 0 Å². The lowest BCUT2D eigenvalue weighted by Crippen LogP contribution is -2.12. The molecule has 2 N–H and O–H groups in total. The third-order valence-electron chi connectivity index (χ3n) is 2.62. The predicted molar refractivity (Wildman–Crippen MR) is 84.2 cm³/mol. The first-order chi connectivity index (χ1) is 9.72. The first-order valence-corrected chi connectivity index (χ1v) is 6.56. The summed E-state index contributed by atoms with van der Waals surface area (Å²) in [6, 6.07) is 3.63. The summed E-state index contributed by atoms with van der Waals surface area (Å²) in [5, 5.41) is 3.00. The number of rotatable bonds is 3. The molecule has 0 fully saturated rings. The van der Waals surface area contributed by atoms with Gasteiger partial charge >= 0.3 is 0 Å².